The Labute approximate surface area is 220 Å². The lowest BCUT2D eigenvalue weighted by molar-refractivity contribution is -0.0124. The number of aromatic nitrogens is 1. The molecule has 0 atom stereocenters. The van der Waals surface area contributed by atoms with Crippen LogP contribution in [0.25, 0.3) is 0 Å². The molecule has 196 valence electrons. The molecule has 4 aliphatic rings. The summed E-state index contributed by atoms with van der Waals surface area (Å²) in [7, 11) is 0. The minimum Gasteiger partial charge on any atom is -0.474 e. The maximum atomic E-state index is 13.3. The molecule has 0 radical (unpaired) electrons. The minimum atomic E-state index is -0.132. The molecule has 4 bridgehead atoms. The second kappa shape index (κ2) is 13.0. The minimum absolute atomic E-state index is 0. The number of nitrogens with two attached hydrogens (primary N) is 1. The lowest BCUT2D eigenvalue weighted by atomic mass is 9.54. The second-order valence-electron chi connectivity index (χ2n) is 10.8. The maximum absolute atomic E-state index is 13.3. The summed E-state index contributed by atoms with van der Waals surface area (Å²) in [6.07, 6.45) is 7.49. The van der Waals surface area contributed by atoms with E-state index in [0.717, 1.165) is 42.0 Å². The Bertz CT molecular complexity index is 764. The molecule has 1 aromatic heterocycles. The highest BCUT2D eigenvalue weighted by Gasteiger charge is 2.49. The highest BCUT2D eigenvalue weighted by Crippen LogP contribution is 2.53. The molecule has 0 saturated heterocycles. The number of halogens is 2. The molecule has 4 aliphatic carbocycles. The normalized spacial score (nSPS) is 27.1. The number of nitrogens with one attached hydrogen (secondary N) is 2. The van der Waals surface area contributed by atoms with Crippen molar-refractivity contribution >= 4 is 42.5 Å². The SMILES string of the molecule is CCCSc1c(OCC(C)(C)CNCCN)noc1C(=O)NC1C2CC3CC(C2)CC1C3.Cl.Cl. The van der Waals surface area contributed by atoms with Gasteiger partial charge in [0.2, 0.25) is 5.76 Å². The van der Waals surface area contributed by atoms with Gasteiger partial charge in [0.25, 0.3) is 11.8 Å². The van der Waals surface area contributed by atoms with Crippen LogP contribution in [0.2, 0.25) is 0 Å². The zero-order chi connectivity index (χ0) is 22.7. The number of nitrogens with zero attached hydrogens (tertiary/aromatic N) is 1. The first-order chi connectivity index (χ1) is 15.4. The van der Waals surface area contributed by atoms with Crippen molar-refractivity contribution in [2.24, 2.45) is 34.8 Å². The summed E-state index contributed by atoms with van der Waals surface area (Å²) in [6, 6.07) is 0.279. The van der Waals surface area contributed by atoms with Crippen LogP contribution in [0.15, 0.2) is 9.42 Å². The molecular formula is C24H42Cl2N4O3S. The van der Waals surface area contributed by atoms with E-state index in [1.165, 1.54) is 32.1 Å². The van der Waals surface area contributed by atoms with E-state index < -0.39 is 0 Å². The predicted octanol–water partition coefficient (Wildman–Crippen LogP) is 4.53. The molecule has 34 heavy (non-hydrogen) atoms. The van der Waals surface area contributed by atoms with Crippen molar-refractivity contribution in [3.8, 4) is 5.88 Å². The molecule has 7 nitrogen and oxygen atoms in total. The van der Waals surface area contributed by atoms with E-state index in [0.29, 0.717) is 36.6 Å². The van der Waals surface area contributed by atoms with Gasteiger partial charge in [0.05, 0.1) is 6.61 Å². The van der Waals surface area contributed by atoms with E-state index in [2.05, 4.69) is 36.6 Å². The fourth-order valence-electron chi connectivity index (χ4n) is 6.06. The molecule has 1 heterocycles. The molecule has 10 heteroatoms. The number of carbonyl (C=O) groups is 1. The monoisotopic (exact) mass is 536 g/mol. The van der Waals surface area contributed by atoms with Crippen molar-refractivity contribution in [2.45, 2.75) is 70.2 Å². The lowest BCUT2D eigenvalue weighted by Crippen LogP contribution is -2.55. The first kappa shape index (κ1) is 29.6. The number of rotatable bonds is 12. The van der Waals surface area contributed by atoms with Crippen molar-refractivity contribution in [3.63, 3.8) is 0 Å². The molecule has 4 N–H and O–H groups in total. The largest absolute Gasteiger partial charge is 0.474 e. The standard InChI is InChI=1S/C24H40N4O3S.2ClH/c1-4-7-32-21-20(31-28-23(21)30-14-24(2,3)13-26-6-5-25)22(29)27-19-17-9-15-8-16(11-17)12-18(19)10-15;;/h15-19,26H,4-14,25H2,1-3H3,(H,27,29);2*1H. The zero-order valence-electron chi connectivity index (χ0n) is 20.6. The number of amides is 1. The van der Waals surface area contributed by atoms with Gasteiger partial charge in [0.15, 0.2) is 0 Å². The molecular weight excluding hydrogens is 495 g/mol. The summed E-state index contributed by atoms with van der Waals surface area (Å²) in [4.78, 5) is 14.0. The summed E-state index contributed by atoms with van der Waals surface area (Å²) in [5, 5.41) is 10.8. The molecule has 0 spiro atoms. The van der Waals surface area contributed by atoms with E-state index >= 15 is 0 Å². The van der Waals surface area contributed by atoms with Crippen LogP contribution in [-0.2, 0) is 0 Å². The Hall–Kier alpha value is -0.670. The van der Waals surface area contributed by atoms with E-state index in [9.17, 15) is 4.79 Å². The number of ether oxygens (including phenoxy) is 1. The van der Waals surface area contributed by atoms with E-state index in [4.69, 9.17) is 15.0 Å². The van der Waals surface area contributed by atoms with Gasteiger partial charge in [-0.05, 0) is 73.1 Å². The summed E-state index contributed by atoms with van der Waals surface area (Å²) in [5.41, 5.74) is 5.48. The summed E-state index contributed by atoms with van der Waals surface area (Å²) in [6.45, 7) is 9.06. The second-order valence-corrected chi connectivity index (χ2v) is 11.9. The summed E-state index contributed by atoms with van der Waals surface area (Å²) in [5.74, 6) is 4.52. The highest BCUT2D eigenvalue weighted by atomic mass is 35.5. The number of hydrogen-bond acceptors (Lipinski definition) is 7. The zero-order valence-corrected chi connectivity index (χ0v) is 23.1. The van der Waals surface area contributed by atoms with Gasteiger partial charge in [-0.15, -0.1) is 36.6 Å². The van der Waals surface area contributed by atoms with Gasteiger partial charge in [-0.3, -0.25) is 4.79 Å². The first-order valence-corrected chi connectivity index (χ1v) is 13.4. The average molecular weight is 538 g/mol. The van der Waals surface area contributed by atoms with Crippen molar-refractivity contribution in [1.29, 1.82) is 0 Å². The quantitative estimate of drug-likeness (QED) is 0.266. The van der Waals surface area contributed by atoms with Gasteiger partial charge in [-0.1, -0.05) is 20.8 Å². The molecule has 1 aromatic rings. The van der Waals surface area contributed by atoms with E-state index in [1.54, 1.807) is 11.8 Å². The Morgan fingerprint density at radius 3 is 2.41 bits per heavy atom. The van der Waals surface area contributed by atoms with Gasteiger partial charge in [0, 0.05) is 31.1 Å². The lowest BCUT2D eigenvalue weighted by Gasteiger charge is -2.54. The molecule has 0 unspecified atom stereocenters. The summed E-state index contributed by atoms with van der Waals surface area (Å²) >= 11 is 1.60. The molecule has 0 aliphatic heterocycles. The van der Waals surface area contributed by atoms with Gasteiger partial charge in [-0.25, -0.2) is 0 Å². The third kappa shape index (κ3) is 6.96. The molecule has 5 rings (SSSR count). The van der Waals surface area contributed by atoms with Crippen LogP contribution in [0.1, 0.15) is 69.9 Å². The van der Waals surface area contributed by atoms with Gasteiger partial charge in [0.1, 0.15) is 4.90 Å². The van der Waals surface area contributed by atoms with Crippen LogP contribution in [0.3, 0.4) is 0 Å². The van der Waals surface area contributed by atoms with E-state index in [1.807, 2.05) is 0 Å². The molecule has 1 amide bonds. The van der Waals surface area contributed by atoms with Gasteiger partial charge >= 0.3 is 0 Å². The predicted molar refractivity (Wildman–Crippen MR) is 142 cm³/mol. The Balaban J connectivity index is 0.00000204. The number of hydrogen-bond donors (Lipinski definition) is 3. The maximum Gasteiger partial charge on any atom is 0.291 e. The number of carbonyl (C=O) groups excluding carboxylic acids is 1. The first-order valence-electron chi connectivity index (χ1n) is 12.4. The highest BCUT2D eigenvalue weighted by molar-refractivity contribution is 7.99. The molecule has 4 fully saturated rings. The molecule has 4 saturated carbocycles. The van der Waals surface area contributed by atoms with Crippen molar-refractivity contribution in [1.82, 2.24) is 15.8 Å². The van der Waals surface area contributed by atoms with Crippen LogP contribution < -0.4 is 21.1 Å². The van der Waals surface area contributed by atoms with Gasteiger partial charge in [-0.2, -0.15) is 0 Å². The van der Waals surface area contributed by atoms with Crippen LogP contribution >= 0.6 is 36.6 Å². The van der Waals surface area contributed by atoms with E-state index in [-0.39, 0.29) is 42.2 Å². The third-order valence-electron chi connectivity index (χ3n) is 7.33. The van der Waals surface area contributed by atoms with Crippen molar-refractivity contribution < 1.29 is 14.1 Å². The molecule has 0 aromatic carbocycles. The van der Waals surface area contributed by atoms with Crippen LogP contribution in [0.4, 0.5) is 0 Å². The van der Waals surface area contributed by atoms with Crippen molar-refractivity contribution in [3.05, 3.63) is 5.76 Å². The number of thioether (sulfide) groups is 1. The fraction of sp³-hybridized carbons (Fsp3) is 0.833. The topological polar surface area (TPSA) is 102 Å². The Morgan fingerprint density at radius 1 is 1.18 bits per heavy atom. The third-order valence-corrected chi connectivity index (χ3v) is 8.59. The van der Waals surface area contributed by atoms with Gasteiger partial charge < -0.3 is 25.6 Å². The van der Waals surface area contributed by atoms with Crippen LogP contribution in [0.5, 0.6) is 5.88 Å². The van der Waals surface area contributed by atoms with Crippen LogP contribution in [0, 0.1) is 29.1 Å². The summed E-state index contributed by atoms with van der Waals surface area (Å²) < 4.78 is 11.6. The van der Waals surface area contributed by atoms with Crippen LogP contribution in [-0.4, -0.2) is 49.1 Å². The average Bonchev–Trinajstić information content (AvgIpc) is 3.16. The smallest absolute Gasteiger partial charge is 0.291 e. The van der Waals surface area contributed by atoms with Crippen molar-refractivity contribution in [2.75, 3.05) is 32.0 Å². The Morgan fingerprint density at radius 2 is 1.82 bits per heavy atom. The fourth-order valence-corrected chi connectivity index (χ4v) is 6.95. The Kier molecular flexibility index (Phi) is 11.3.